The number of aromatic nitrogens is 1. The van der Waals surface area contributed by atoms with Crippen molar-refractivity contribution in [2.75, 3.05) is 26.0 Å². The molecule has 2 aromatic rings. The summed E-state index contributed by atoms with van der Waals surface area (Å²) in [6.07, 6.45) is 8.88. The number of hydrogen-bond donors (Lipinski definition) is 1. The van der Waals surface area contributed by atoms with Gasteiger partial charge in [-0.2, -0.15) is 0 Å². The van der Waals surface area contributed by atoms with Gasteiger partial charge in [0.25, 0.3) is 0 Å². The highest BCUT2D eigenvalue weighted by Gasteiger charge is 2.51. The van der Waals surface area contributed by atoms with Crippen LogP contribution in [0.25, 0.3) is 10.9 Å². The fourth-order valence-corrected chi connectivity index (χ4v) is 7.37. The number of carbonyl (C=O) groups excluding carboxylic acids is 1. The minimum absolute atomic E-state index is 0.220. The number of nitrogens with one attached hydrogen (secondary N) is 1. The molecule has 1 aromatic carbocycles. The van der Waals surface area contributed by atoms with E-state index in [4.69, 9.17) is 0 Å². The van der Waals surface area contributed by atoms with Crippen molar-refractivity contribution in [1.29, 1.82) is 0 Å². The van der Waals surface area contributed by atoms with Gasteiger partial charge in [0.1, 0.15) is 0 Å². The van der Waals surface area contributed by atoms with Crippen molar-refractivity contribution in [3.63, 3.8) is 0 Å². The van der Waals surface area contributed by atoms with Gasteiger partial charge in [-0.05, 0) is 113 Å². The van der Waals surface area contributed by atoms with E-state index in [0.717, 1.165) is 43.0 Å². The summed E-state index contributed by atoms with van der Waals surface area (Å²) in [6, 6.07) is 6.46. The average Bonchev–Trinajstić information content (AvgIpc) is 2.88. The molecule has 4 aliphatic rings. The zero-order valence-corrected chi connectivity index (χ0v) is 19.1. The third-order valence-corrected chi connectivity index (χ3v) is 8.39. The van der Waals surface area contributed by atoms with Gasteiger partial charge in [-0.1, -0.05) is 0 Å². The van der Waals surface area contributed by atoms with Gasteiger partial charge < -0.3 is 14.8 Å². The second-order valence-electron chi connectivity index (χ2n) is 11.0. The lowest BCUT2D eigenvalue weighted by Crippen LogP contribution is -2.47. The summed E-state index contributed by atoms with van der Waals surface area (Å²) in [4.78, 5) is 15.3. The normalized spacial score (nSPS) is 29.8. The predicted molar refractivity (Wildman–Crippen MR) is 124 cm³/mol. The summed E-state index contributed by atoms with van der Waals surface area (Å²) in [5.74, 6) is 2.91. The van der Waals surface area contributed by atoms with Crippen LogP contribution >= 0.6 is 0 Å². The highest BCUT2D eigenvalue weighted by molar-refractivity contribution is 5.95. The Bertz CT molecular complexity index is 935. The minimum atomic E-state index is 0.220. The monoisotopic (exact) mass is 407 g/mol. The molecule has 6 rings (SSSR count). The van der Waals surface area contributed by atoms with Gasteiger partial charge in [-0.3, -0.25) is 4.79 Å². The van der Waals surface area contributed by atoms with Crippen molar-refractivity contribution in [1.82, 2.24) is 9.47 Å². The fourth-order valence-electron chi connectivity index (χ4n) is 7.37. The Labute approximate surface area is 181 Å². The highest BCUT2D eigenvalue weighted by atomic mass is 16.1. The second kappa shape index (κ2) is 7.40. The summed E-state index contributed by atoms with van der Waals surface area (Å²) in [5.41, 5.74) is 5.16. The van der Waals surface area contributed by atoms with Crippen LogP contribution in [0.5, 0.6) is 0 Å². The highest BCUT2D eigenvalue weighted by Crippen LogP contribution is 2.61. The van der Waals surface area contributed by atoms with Crippen LogP contribution < -0.4 is 5.32 Å². The van der Waals surface area contributed by atoms with Gasteiger partial charge >= 0.3 is 0 Å². The lowest BCUT2D eigenvalue weighted by Gasteiger charge is -2.56. The summed E-state index contributed by atoms with van der Waals surface area (Å²) in [7, 11) is 4.23. The molecule has 30 heavy (non-hydrogen) atoms. The number of fused-ring (bicyclic) bond motifs is 1. The first-order valence-electron chi connectivity index (χ1n) is 11.9. The van der Waals surface area contributed by atoms with Crippen molar-refractivity contribution in [3.8, 4) is 0 Å². The van der Waals surface area contributed by atoms with E-state index in [1.54, 1.807) is 0 Å². The number of amides is 1. The Balaban J connectivity index is 1.32. The van der Waals surface area contributed by atoms with Gasteiger partial charge in [0.05, 0.1) is 0 Å². The third-order valence-electron chi connectivity index (χ3n) is 8.39. The average molecular weight is 408 g/mol. The van der Waals surface area contributed by atoms with Crippen LogP contribution in [0.2, 0.25) is 0 Å². The van der Waals surface area contributed by atoms with E-state index in [2.05, 4.69) is 60.9 Å². The Kier molecular flexibility index (Phi) is 4.96. The van der Waals surface area contributed by atoms with Gasteiger partial charge in [0.2, 0.25) is 5.91 Å². The second-order valence-corrected chi connectivity index (χ2v) is 11.0. The molecule has 0 saturated heterocycles. The number of hydrogen-bond acceptors (Lipinski definition) is 2. The maximum atomic E-state index is 13.0. The molecule has 0 aliphatic heterocycles. The Morgan fingerprint density at radius 1 is 1.10 bits per heavy atom. The molecular formula is C26H37N3O. The summed E-state index contributed by atoms with van der Waals surface area (Å²) in [6.45, 7) is 6.41. The topological polar surface area (TPSA) is 37.3 Å². The lowest BCUT2D eigenvalue weighted by molar-refractivity contribution is -0.124. The van der Waals surface area contributed by atoms with Gasteiger partial charge in [-0.15, -0.1) is 0 Å². The SMILES string of the molecule is Cc1c(C)n(CCN(C)C)c2ccc(NC(=O)CC34CC5CC(CC(C5)C3)C4)cc12. The molecule has 0 unspecified atom stereocenters. The molecule has 0 atom stereocenters. The van der Waals surface area contributed by atoms with Crippen molar-refractivity contribution in [2.45, 2.75) is 65.3 Å². The molecule has 1 heterocycles. The van der Waals surface area contributed by atoms with E-state index in [1.165, 1.54) is 60.7 Å². The minimum Gasteiger partial charge on any atom is -0.343 e. The van der Waals surface area contributed by atoms with E-state index in [0.29, 0.717) is 5.41 Å². The number of nitrogens with zero attached hydrogens (tertiary/aromatic N) is 2. The molecule has 4 saturated carbocycles. The van der Waals surface area contributed by atoms with Crippen LogP contribution in [0.1, 0.15) is 56.2 Å². The Morgan fingerprint density at radius 3 is 2.33 bits per heavy atom. The van der Waals surface area contributed by atoms with Crippen LogP contribution in [0.15, 0.2) is 18.2 Å². The Morgan fingerprint density at radius 2 is 1.73 bits per heavy atom. The van der Waals surface area contributed by atoms with E-state index < -0.39 is 0 Å². The first-order chi connectivity index (χ1) is 14.3. The van der Waals surface area contributed by atoms with E-state index in [1.807, 2.05) is 0 Å². The first kappa shape index (κ1) is 20.1. The van der Waals surface area contributed by atoms with Gasteiger partial charge in [-0.25, -0.2) is 0 Å². The van der Waals surface area contributed by atoms with Crippen LogP contribution in [0.3, 0.4) is 0 Å². The maximum absolute atomic E-state index is 13.0. The molecule has 4 nitrogen and oxygen atoms in total. The number of likely N-dealkylation sites (N-methyl/N-ethyl adjacent to an activating group) is 1. The van der Waals surface area contributed by atoms with Crippen LogP contribution in [0.4, 0.5) is 5.69 Å². The number of rotatable bonds is 6. The van der Waals surface area contributed by atoms with E-state index in [9.17, 15) is 4.79 Å². The Hall–Kier alpha value is -1.81. The van der Waals surface area contributed by atoms with Crippen molar-refractivity contribution < 1.29 is 4.79 Å². The van der Waals surface area contributed by atoms with Crippen molar-refractivity contribution in [2.24, 2.45) is 23.2 Å². The number of carbonyl (C=O) groups is 1. The van der Waals surface area contributed by atoms with Crippen LogP contribution in [-0.2, 0) is 11.3 Å². The van der Waals surface area contributed by atoms with Crippen molar-refractivity contribution in [3.05, 3.63) is 29.5 Å². The molecule has 4 fully saturated rings. The fraction of sp³-hybridized carbons (Fsp3) is 0.654. The predicted octanol–water partition coefficient (Wildman–Crippen LogP) is 5.36. The molecule has 0 spiro atoms. The molecule has 4 heteroatoms. The quantitative estimate of drug-likeness (QED) is 0.699. The molecule has 1 amide bonds. The van der Waals surface area contributed by atoms with E-state index >= 15 is 0 Å². The zero-order chi connectivity index (χ0) is 21.0. The van der Waals surface area contributed by atoms with Crippen LogP contribution in [-0.4, -0.2) is 36.0 Å². The summed E-state index contributed by atoms with van der Waals surface area (Å²) >= 11 is 0. The zero-order valence-electron chi connectivity index (χ0n) is 19.1. The maximum Gasteiger partial charge on any atom is 0.224 e. The van der Waals surface area contributed by atoms with Crippen molar-refractivity contribution >= 4 is 22.5 Å². The number of benzene rings is 1. The molecule has 1 aromatic heterocycles. The molecule has 162 valence electrons. The number of aryl methyl sites for hydroxylation is 1. The largest absolute Gasteiger partial charge is 0.343 e. The molecular weight excluding hydrogens is 370 g/mol. The first-order valence-corrected chi connectivity index (χ1v) is 11.9. The number of anilines is 1. The standard InChI is InChI=1S/C26H37N3O/c1-17-18(2)29(8-7-28(3)4)24-6-5-22(12-23(17)24)27-25(30)16-26-13-19-9-20(14-26)11-21(10-19)15-26/h5-6,12,19-21H,7-11,13-16H2,1-4H3,(H,27,30). The molecule has 0 radical (unpaired) electrons. The van der Waals surface area contributed by atoms with Gasteiger partial charge in [0, 0.05) is 41.8 Å². The third kappa shape index (κ3) is 3.57. The molecule has 4 aliphatic carbocycles. The molecule has 4 bridgehead atoms. The summed E-state index contributed by atoms with van der Waals surface area (Å²) in [5, 5.41) is 4.52. The summed E-state index contributed by atoms with van der Waals surface area (Å²) < 4.78 is 2.41. The van der Waals surface area contributed by atoms with Crippen LogP contribution in [0, 0.1) is 37.0 Å². The molecule has 1 N–H and O–H groups in total. The lowest BCUT2D eigenvalue weighted by atomic mass is 9.49. The van der Waals surface area contributed by atoms with Gasteiger partial charge in [0.15, 0.2) is 0 Å². The van der Waals surface area contributed by atoms with E-state index in [-0.39, 0.29) is 5.91 Å². The smallest absolute Gasteiger partial charge is 0.224 e.